The highest BCUT2D eigenvalue weighted by molar-refractivity contribution is 5.89. The Kier molecular flexibility index (Phi) is 13.0. The van der Waals surface area contributed by atoms with Crippen molar-refractivity contribution in [1.29, 1.82) is 0 Å². The van der Waals surface area contributed by atoms with Crippen molar-refractivity contribution in [1.82, 2.24) is 9.97 Å². The molecule has 4 heterocycles. The first-order valence-corrected chi connectivity index (χ1v) is 18.2. The maximum absolute atomic E-state index is 13.1. The molecule has 2 aliphatic heterocycles. The number of halogens is 1. The van der Waals surface area contributed by atoms with Gasteiger partial charge in [0.2, 0.25) is 0 Å². The molecule has 3 aromatic carbocycles. The first-order chi connectivity index (χ1) is 27.2. The standard InChI is InChI=1S/C25H26FN3O4.C17H19N3O3/c1-17(18-3-5-19(6-4-18)25(30)31-2)28-24-23-22(11-12-27-24)33-16-14-29(23)13-15-32-21-9-7-20(26)8-10-21;1-11(12-3-5-13(6-4-12)17(21)22-2)20-16-15-14(7-8-19-16)23-10-9-18-15/h3-12,17H,13-16H2,1-2H3,(H,27,28);3-8,11,18H,9-10H2,1-2H3,(H,19,20)/t17-;11-/m00/s1. The second kappa shape index (κ2) is 18.7. The fourth-order valence-electron chi connectivity index (χ4n) is 6.18. The van der Waals surface area contributed by atoms with Crippen molar-refractivity contribution in [3.05, 3.63) is 125 Å². The van der Waals surface area contributed by atoms with Gasteiger partial charge < -0.3 is 44.5 Å². The normalized spacial score (nSPS) is 13.7. The van der Waals surface area contributed by atoms with E-state index in [-0.39, 0.29) is 29.8 Å². The molecule has 2 atom stereocenters. The number of ether oxygens (including phenoxy) is 5. The molecule has 0 radical (unpaired) electrons. The summed E-state index contributed by atoms with van der Waals surface area (Å²) in [5, 5.41) is 10.1. The van der Waals surface area contributed by atoms with Crippen LogP contribution in [-0.4, -0.2) is 75.6 Å². The summed E-state index contributed by atoms with van der Waals surface area (Å²) >= 11 is 0. The number of methoxy groups -OCH3 is 2. The quantitative estimate of drug-likeness (QED) is 0.109. The molecule has 2 aromatic heterocycles. The van der Waals surface area contributed by atoms with E-state index in [0.29, 0.717) is 55.6 Å². The third kappa shape index (κ3) is 9.75. The highest BCUT2D eigenvalue weighted by Gasteiger charge is 2.24. The van der Waals surface area contributed by atoms with Crippen molar-refractivity contribution in [2.75, 3.05) is 74.5 Å². The van der Waals surface area contributed by atoms with E-state index in [1.807, 2.05) is 50.2 Å². The minimum absolute atomic E-state index is 0.0319. The van der Waals surface area contributed by atoms with Crippen LogP contribution in [0.2, 0.25) is 0 Å². The molecule has 14 heteroatoms. The third-order valence-corrected chi connectivity index (χ3v) is 9.21. The lowest BCUT2D eigenvalue weighted by Crippen LogP contribution is -2.36. The molecule has 0 amide bonds. The van der Waals surface area contributed by atoms with E-state index in [1.165, 1.54) is 26.4 Å². The molecule has 0 saturated heterocycles. The van der Waals surface area contributed by atoms with Crippen LogP contribution in [0, 0.1) is 5.82 Å². The summed E-state index contributed by atoms with van der Waals surface area (Å²) in [4.78, 5) is 34.3. The summed E-state index contributed by atoms with van der Waals surface area (Å²) in [6.45, 7) is 7.80. The smallest absolute Gasteiger partial charge is 0.337 e. The average molecular weight is 765 g/mol. The zero-order valence-electron chi connectivity index (χ0n) is 31.7. The number of fused-ring (bicyclic) bond motifs is 2. The summed E-state index contributed by atoms with van der Waals surface area (Å²) < 4.78 is 39.8. The summed E-state index contributed by atoms with van der Waals surface area (Å²) in [6, 6.07) is 24.3. The molecule has 13 nitrogen and oxygen atoms in total. The van der Waals surface area contributed by atoms with Gasteiger partial charge in [0, 0.05) is 31.1 Å². The van der Waals surface area contributed by atoms with Crippen molar-refractivity contribution in [2.45, 2.75) is 25.9 Å². The fraction of sp³-hybridized carbons (Fsp3) is 0.286. The molecular formula is C42H45FN6O7. The summed E-state index contributed by atoms with van der Waals surface area (Å²) in [5.74, 6) is 2.66. The molecule has 0 aliphatic carbocycles. The molecule has 3 N–H and O–H groups in total. The van der Waals surface area contributed by atoms with Gasteiger partial charge in [-0.15, -0.1) is 0 Å². The van der Waals surface area contributed by atoms with Crippen LogP contribution < -0.4 is 35.1 Å². The van der Waals surface area contributed by atoms with Crippen LogP contribution in [0.3, 0.4) is 0 Å². The SMILES string of the molecule is COC(=O)c1ccc([C@H](C)Nc2nccc3c2N(CCOc2ccc(F)cc2)CCO3)cc1.COC(=O)c1ccc([C@H](C)Nc2nccc3c2NCCO3)cc1. The van der Waals surface area contributed by atoms with Crippen molar-refractivity contribution in [3.8, 4) is 17.2 Å². The highest BCUT2D eigenvalue weighted by Crippen LogP contribution is 2.38. The molecule has 0 spiro atoms. The number of hydrogen-bond acceptors (Lipinski definition) is 13. The van der Waals surface area contributed by atoms with Crippen molar-refractivity contribution in [3.63, 3.8) is 0 Å². The number of anilines is 4. The van der Waals surface area contributed by atoms with Crippen molar-refractivity contribution < 1.29 is 37.7 Å². The number of pyridine rings is 2. The van der Waals surface area contributed by atoms with Gasteiger partial charge in [0.05, 0.1) is 50.5 Å². The van der Waals surface area contributed by atoms with Gasteiger partial charge in [-0.05, 0) is 73.5 Å². The van der Waals surface area contributed by atoms with E-state index in [1.54, 1.807) is 48.8 Å². The van der Waals surface area contributed by atoms with Crippen LogP contribution in [-0.2, 0) is 9.47 Å². The second-order valence-electron chi connectivity index (χ2n) is 12.9. The van der Waals surface area contributed by atoms with Gasteiger partial charge >= 0.3 is 11.9 Å². The fourth-order valence-corrected chi connectivity index (χ4v) is 6.18. The van der Waals surface area contributed by atoms with Gasteiger partial charge in [0.1, 0.15) is 54.3 Å². The summed E-state index contributed by atoms with van der Waals surface area (Å²) in [5.41, 5.74) is 4.86. The number of benzene rings is 3. The number of carbonyl (C=O) groups is 2. The van der Waals surface area contributed by atoms with Crippen LogP contribution in [0.15, 0.2) is 97.3 Å². The molecule has 0 unspecified atom stereocenters. The van der Waals surface area contributed by atoms with Gasteiger partial charge in [0.15, 0.2) is 11.6 Å². The number of nitrogens with zero attached hydrogens (tertiary/aromatic N) is 3. The molecule has 7 rings (SSSR count). The third-order valence-electron chi connectivity index (χ3n) is 9.21. The summed E-state index contributed by atoms with van der Waals surface area (Å²) in [7, 11) is 2.74. The number of aromatic nitrogens is 2. The second-order valence-corrected chi connectivity index (χ2v) is 12.9. The largest absolute Gasteiger partial charge is 0.492 e. The average Bonchev–Trinajstić information content (AvgIpc) is 3.24. The number of carbonyl (C=O) groups excluding carboxylic acids is 2. The van der Waals surface area contributed by atoms with E-state index in [2.05, 4.69) is 30.8 Å². The van der Waals surface area contributed by atoms with Crippen LogP contribution in [0.4, 0.5) is 27.4 Å². The Balaban J connectivity index is 0.000000202. The highest BCUT2D eigenvalue weighted by atomic mass is 19.1. The van der Waals surface area contributed by atoms with E-state index in [0.717, 1.165) is 46.4 Å². The Hall–Kier alpha value is -6.57. The first-order valence-electron chi connectivity index (χ1n) is 18.2. The van der Waals surface area contributed by atoms with Gasteiger partial charge in [-0.1, -0.05) is 24.3 Å². The Morgan fingerprint density at radius 2 is 1.32 bits per heavy atom. The maximum Gasteiger partial charge on any atom is 0.337 e. The number of nitrogens with one attached hydrogen (secondary N) is 3. The lowest BCUT2D eigenvalue weighted by Gasteiger charge is -2.33. The minimum Gasteiger partial charge on any atom is -0.492 e. The summed E-state index contributed by atoms with van der Waals surface area (Å²) in [6.07, 6.45) is 3.44. The predicted molar refractivity (Wildman–Crippen MR) is 212 cm³/mol. The molecule has 5 aromatic rings. The Bertz CT molecular complexity index is 2080. The van der Waals surface area contributed by atoms with Crippen molar-refractivity contribution >= 4 is 34.9 Å². The van der Waals surface area contributed by atoms with Crippen LogP contribution in [0.1, 0.15) is 57.8 Å². The molecular weight excluding hydrogens is 719 g/mol. The molecule has 0 bridgehead atoms. The van der Waals surface area contributed by atoms with E-state index in [4.69, 9.17) is 23.7 Å². The molecule has 292 valence electrons. The number of esters is 2. The first kappa shape index (κ1) is 39.1. The topological polar surface area (TPSA) is 145 Å². The zero-order valence-corrected chi connectivity index (χ0v) is 31.7. The predicted octanol–water partition coefficient (Wildman–Crippen LogP) is 7.30. The zero-order chi connectivity index (χ0) is 39.4. The van der Waals surface area contributed by atoms with E-state index >= 15 is 0 Å². The van der Waals surface area contributed by atoms with Crippen LogP contribution in [0.5, 0.6) is 17.2 Å². The molecule has 0 fully saturated rings. The lowest BCUT2D eigenvalue weighted by atomic mass is 10.1. The lowest BCUT2D eigenvalue weighted by molar-refractivity contribution is 0.0592. The number of hydrogen-bond donors (Lipinski definition) is 3. The Labute approximate surface area is 325 Å². The number of rotatable bonds is 12. The molecule has 56 heavy (non-hydrogen) atoms. The van der Waals surface area contributed by atoms with E-state index in [9.17, 15) is 14.0 Å². The van der Waals surface area contributed by atoms with Gasteiger partial charge in [-0.3, -0.25) is 0 Å². The van der Waals surface area contributed by atoms with E-state index < -0.39 is 0 Å². The molecule has 0 saturated carbocycles. The van der Waals surface area contributed by atoms with Gasteiger partial charge in [0.25, 0.3) is 0 Å². The van der Waals surface area contributed by atoms with Crippen LogP contribution >= 0.6 is 0 Å². The van der Waals surface area contributed by atoms with Gasteiger partial charge in [-0.25, -0.2) is 23.9 Å². The van der Waals surface area contributed by atoms with Crippen LogP contribution in [0.25, 0.3) is 0 Å². The van der Waals surface area contributed by atoms with Gasteiger partial charge in [-0.2, -0.15) is 0 Å². The Morgan fingerprint density at radius 3 is 1.93 bits per heavy atom. The minimum atomic E-state index is -0.364. The van der Waals surface area contributed by atoms with Crippen molar-refractivity contribution in [2.24, 2.45) is 0 Å². The Morgan fingerprint density at radius 1 is 0.768 bits per heavy atom. The molecule has 2 aliphatic rings. The monoisotopic (exact) mass is 764 g/mol. The maximum atomic E-state index is 13.1.